The third-order valence-corrected chi connectivity index (χ3v) is 8.04. The van der Waals surface area contributed by atoms with E-state index < -0.39 is 0 Å². The number of carbonyl (C=O) groups excluding carboxylic acids is 2. The van der Waals surface area contributed by atoms with Crippen LogP contribution in [0.1, 0.15) is 35.0 Å². The van der Waals surface area contributed by atoms with Crippen LogP contribution >= 0.6 is 11.3 Å². The van der Waals surface area contributed by atoms with Gasteiger partial charge in [0.25, 0.3) is 5.91 Å². The number of benzene rings is 1. The Morgan fingerprint density at radius 3 is 2.89 bits per heavy atom. The lowest BCUT2D eigenvalue weighted by Gasteiger charge is -2.21. The molecule has 1 atom stereocenters. The summed E-state index contributed by atoms with van der Waals surface area (Å²) in [5.74, 6) is 0.306. The van der Waals surface area contributed by atoms with E-state index >= 15 is 0 Å². The molecule has 5 aromatic rings. The van der Waals surface area contributed by atoms with E-state index in [0.717, 1.165) is 51.8 Å². The number of para-hydroxylation sites is 2. The number of carbonyl (C=O) groups is 2. The van der Waals surface area contributed by atoms with Crippen molar-refractivity contribution in [1.29, 1.82) is 0 Å². The predicted octanol–water partition coefficient (Wildman–Crippen LogP) is 5.63. The van der Waals surface area contributed by atoms with Crippen molar-refractivity contribution in [3.05, 3.63) is 78.5 Å². The van der Waals surface area contributed by atoms with Crippen LogP contribution in [0.5, 0.6) is 0 Å². The first-order valence-corrected chi connectivity index (χ1v) is 13.2. The smallest absolute Gasteiger partial charge is 0.268 e. The van der Waals surface area contributed by atoms with Crippen LogP contribution in [0.2, 0.25) is 0 Å². The molecule has 0 bridgehead atoms. The second-order valence-corrected chi connectivity index (χ2v) is 10.2. The lowest BCUT2D eigenvalue weighted by atomic mass is 10.1. The van der Waals surface area contributed by atoms with Gasteiger partial charge in [0.05, 0.1) is 15.9 Å². The Kier molecular flexibility index (Phi) is 6.05. The number of aromatic amines is 1. The van der Waals surface area contributed by atoms with Gasteiger partial charge < -0.3 is 14.5 Å². The molecule has 8 nitrogen and oxygen atoms in total. The first kappa shape index (κ1) is 23.2. The lowest BCUT2D eigenvalue weighted by Crippen LogP contribution is -2.30. The fourth-order valence-electron chi connectivity index (χ4n) is 5.13. The highest BCUT2D eigenvalue weighted by Crippen LogP contribution is 2.34. The van der Waals surface area contributed by atoms with Crippen LogP contribution in [-0.4, -0.2) is 49.3 Å². The van der Waals surface area contributed by atoms with E-state index in [1.165, 1.54) is 17.4 Å². The van der Waals surface area contributed by atoms with Crippen molar-refractivity contribution < 1.29 is 9.59 Å². The zero-order valence-electron chi connectivity index (χ0n) is 20.2. The monoisotopic (exact) mass is 510 g/mol. The minimum atomic E-state index is -0.191. The average Bonchev–Trinajstić information content (AvgIpc) is 3.63. The first-order chi connectivity index (χ1) is 18.1. The second-order valence-electron chi connectivity index (χ2n) is 9.12. The minimum Gasteiger partial charge on any atom is -0.346 e. The summed E-state index contributed by atoms with van der Waals surface area (Å²) in [4.78, 5) is 41.3. The summed E-state index contributed by atoms with van der Waals surface area (Å²) in [5.41, 5.74) is 3.67. The average molecular weight is 511 g/mol. The van der Waals surface area contributed by atoms with E-state index in [1.807, 2.05) is 59.6 Å². The van der Waals surface area contributed by atoms with Crippen molar-refractivity contribution in [2.45, 2.75) is 25.3 Å². The molecule has 0 saturated carbocycles. The zero-order valence-corrected chi connectivity index (χ0v) is 21.0. The highest BCUT2D eigenvalue weighted by molar-refractivity contribution is 7.17. The number of nitrogens with one attached hydrogen (secondary N) is 2. The molecule has 0 spiro atoms. The highest BCUT2D eigenvalue weighted by Gasteiger charge is 2.25. The van der Waals surface area contributed by atoms with Crippen molar-refractivity contribution in [1.82, 2.24) is 24.4 Å². The number of rotatable bonds is 5. The number of fused-ring (bicyclic) bond motifs is 2. The van der Waals surface area contributed by atoms with Crippen molar-refractivity contribution in [2.75, 3.05) is 18.4 Å². The van der Waals surface area contributed by atoms with Crippen LogP contribution in [0.4, 0.5) is 5.95 Å². The SMILES string of the molecule is C=CC(=O)N1CCC[C@@H](n2c(NC(=O)c3ccc(-c4ccnc5[nH]ccc45)s3)nc3ccccc32)CC1. The maximum atomic E-state index is 13.4. The summed E-state index contributed by atoms with van der Waals surface area (Å²) in [7, 11) is 0. The second kappa shape index (κ2) is 9.67. The summed E-state index contributed by atoms with van der Waals surface area (Å²) >= 11 is 1.44. The van der Waals surface area contributed by atoms with Crippen molar-refractivity contribution in [2.24, 2.45) is 0 Å². The molecular weight excluding hydrogens is 484 g/mol. The van der Waals surface area contributed by atoms with E-state index in [1.54, 1.807) is 6.20 Å². The molecule has 186 valence electrons. The molecule has 1 fully saturated rings. The van der Waals surface area contributed by atoms with E-state index in [9.17, 15) is 9.59 Å². The minimum absolute atomic E-state index is 0.0377. The van der Waals surface area contributed by atoms with E-state index in [2.05, 4.69) is 26.4 Å². The molecule has 1 saturated heterocycles. The molecule has 1 aliphatic heterocycles. The van der Waals surface area contributed by atoms with Crippen LogP contribution in [0, 0.1) is 0 Å². The van der Waals surface area contributed by atoms with E-state index in [0.29, 0.717) is 23.9 Å². The molecule has 5 heterocycles. The van der Waals surface area contributed by atoms with Gasteiger partial charge in [-0.2, -0.15) is 0 Å². The van der Waals surface area contributed by atoms with Gasteiger partial charge in [-0.25, -0.2) is 9.97 Å². The molecule has 0 aliphatic carbocycles. The lowest BCUT2D eigenvalue weighted by molar-refractivity contribution is -0.125. The molecule has 9 heteroatoms. The number of nitrogens with zero attached hydrogens (tertiary/aromatic N) is 4. The standard InChI is InChI=1S/C28H26N6O2S/c1-2-25(35)33-16-5-6-18(13-17-33)34-22-8-4-3-7-21(22)31-28(34)32-27(36)24-10-9-23(37-24)19-11-14-29-26-20(19)12-15-30-26/h2-4,7-12,14-15,18H,1,5-6,13,16-17H2,(H,29,30)(H,31,32,36)/t18-/m1/s1. The topological polar surface area (TPSA) is 95.9 Å². The van der Waals surface area contributed by atoms with Gasteiger partial charge in [-0.05, 0) is 61.7 Å². The number of hydrogen-bond acceptors (Lipinski definition) is 5. The highest BCUT2D eigenvalue weighted by atomic mass is 32.1. The maximum absolute atomic E-state index is 13.4. The molecule has 4 aromatic heterocycles. The molecule has 37 heavy (non-hydrogen) atoms. The van der Waals surface area contributed by atoms with Gasteiger partial charge in [-0.15, -0.1) is 11.3 Å². The molecule has 1 aliphatic rings. The van der Waals surface area contributed by atoms with Crippen molar-refractivity contribution in [3.63, 3.8) is 0 Å². The number of amides is 2. The van der Waals surface area contributed by atoms with Gasteiger partial charge in [-0.1, -0.05) is 18.7 Å². The van der Waals surface area contributed by atoms with Gasteiger partial charge >= 0.3 is 0 Å². The number of thiophene rings is 1. The van der Waals surface area contributed by atoms with Crippen LogP contribution in [-0.2, 0) is 4.79 Å². The summed E-state index contributed by atoms with van der Waals surface area (Å²) in [6.45, 7) is 4.97. The Morgan fingerprint density at radius 1 is 1.11 bits per heavy atom. The number of anilines is 1. The number of pyridine rings is 1. The zero-order chi connectivity index (χ0) is 25.4. The number of likely N-dealkylation sites (tertiary alicyclic amines) is 1. The van der Waals surface area contributed by atoms with Gasteiger partial charge in [0, 0.05) is 47.4 Å². The predicted molar refractivity (Wildman–Crippen MR) is 147 cm³/mol. The molecule has 0 unspecified atom stereocenters. The fourth-order valence-corrected chi connectivity index (χ4v) is 6.07. The Morgan fingerprint density at radius 2 is 2.00 bits per heavy atom. The summed E-state index contributed by atoms with van der Waals surface area (Å²) in [5, 5.41) is 4.11. The van der Waals surface area contributed by atoms with Gasteiger partial charge in [-0.3, -0.25) is 14.9 Å². The Balaban J connectivity index is 1.29. The van der Waals surface area contributed by atoms with E-state index in [4.69, 9.17) is 4.98 Å². The largest absolute Gasteiger partial charge is 0.346 e. The summed E-state index contributed by atoms with van der Waals surface area (Å²) in [6, 6.07) is 15.8. The Labute approximate surface area is 217 Å². The van der Waals surface area contributed by atoms with Gasteiger partial charge in [0.1, 0.15) is 5.65 Å². The van der Waals surface area contributed by atoms with E-state index in [-0.39, 0.29) is 17.9 Å². The number of imidazole rings is 1. The normalized spacial score (nSPS) is 16.1. The quantitative estimate of drug-likeness (QED) is 0.300. The van der Waals surface area contributed by atoms with Crippen molar-refractivity contribution in [3.8, 4) is 10.4 Å². The molecule has 2 amide bonds. The van der Waals surface area contributed by atoms with Crippen LogP contribution in [0.25, 0.3) is 32.5 Å². The first-order valence-electron chi connectivity index (χ1n) is 12.3. The molecular formula is C28H26N6O2S. The Hall–Kier alpha value is -4.24. The molecule has 1 aromatic carbocycles. The number of H-pyrrole nitrogens is 1. The maximum Gasteiger partial charge on any atom is 0.268 e. The molecule has 6 rings (SSSR count). The van der Waals surface area contributed by atoms with Crippen molar-refractivity contribution >= 4 is 51.2 Å². The van der Waals surface area contributed by atoms with Gasteiger partial charge in [0.2, 0.25) is 11.9 Å². The number of aromatic nitrogens is 4. The number of hydrogen-bond donors (Lipinski definition) is 2. The van der Waals surface area contributed by atoms with Crippen LogP contribution in [0.15, 0.2) is 73.6 Å². The Bertz CT molecular complexity index is 1630. The van der Waals surface area contributed by atoms with Crippen LogP contribution < -0.4 is 5.32 Å². The third kappa shape index (κ3) is 4.31. The van der Waals surface area contributed by atoms with Crippen LogP contribution in [0.3, 0.4) is 0 Å². The summed E-state index contributed by atoms with van der Waals surface area (Å²) < 4.78 is 2.13. The summed E-state index contributed by atoms with van der Waals surface area (Å²) in [6.07, 6.45) is 7.56. The fraction of sp³-hybridized carbons (Fsp3) is 0.214. The molecule has 2 N–H and O–H groups in total. The third-order valence-electron chi connectivity index (χ3n) is 6.93. The molecule has 0 radical (unpaired) electrons. The van der Waals surface area contributed by atoms with Gasteiger partial charge in [0.15, 0.2) is 0 Å².